The summed E-state index contributed by atoms with van der Waals surface area (Å²) in [6, 6.07) is 11.9. The van der Waals surface area contributed by atoms with Gasteiger partial charge in [0.15, 0.2) is 0 Å². The second-order valence-corrected chi connectivity index (χ2v) is 6.41. The highest BCUT2D eigenvalue weighted by Gasteiger charge is 2.38. The molecule has 2 aliphatic rings. The van der Waals surface area contributed by atoms with Gasteiger partial charge in [-0.1, -0.05) is 24.3 Å². The van der Waals surface area contributed by atoms with E-state index in [-0.39, 0.29) is 24.4 Å². The molecule has 5 nitrogen and oxygen atoms in total. The molecule has 1 atom stereocenters. The standard InChI is InChI=1S/C19H20N2O3/c22-18(8-7-15-5-3-11-24-15)20-12-17-16-6-2-1-4-14(16)9-10-21(17)19(23)13-20/h1-6,11,17H,7-10,12-13H2. The van der Waals surface area contributed by atoms with Crippen LogP contribution in [-0.4, -0.2) is 41.2 Å². The first-order valence-corrected chi connectivity index (χ1v) is 8.40. The van der Waals surface area contributed by atoms with E-state index in [9.17, 15) is 9.59 Å². The van der Waals surface area contributed by atoms with Crippen LogP contribution in [0.2, 0.25) is 0 Å². The van der Waals surface area contributed by atoms with Crippen molar-refractivity contribution in [2.24, 2.45) is 0 Å². The van der Waals surface area contributed by atoms with Crippen LogP contribution < -0.4 is 0 Å². The predicted molar refractivity (Wildman–Crippen MR) is 88.2 cm³/mol. The number of benzene rings is 1. The van der Waals surface area contributed by atoms with Crippen LogP contribution in [0.1, 0.15) is 29.3 Å². The predicted octanol–water partition coefficient (Wildman–Crippen LogP) is 2.18. The lowest BCUT2D eigenvalue weighted by molar-refractivity contribution is -0.149. The van der Waals surface area contributed by atoms with Crippen LogP contribution in [0.5, 0.6) is 0 Å². The van der Waals surface area contributed by atoms with Crippen LogP contribution in [0.25, 0.3) is 0 Å². The second kappa shape index (κ2) is 6.15. The van der Waals surface area contributed by atoms with Crippen LogP contribution >= 0.6 is 0 Å². The highest BCUT2D eigenvalue weighted by molar-refractivity contribution is 5.86. The maximum absolute atomic E-state index is 12.5. The zero-order valence-corrected chi connectivity index (χ0v) is 13.5. The van der Waals surface area contributed by atoms with E-state index in [0.29, 0.717) is 19.4 Å². The normalized spacial score (nSPS) is 19.8. The molecule has 0 N–H and O–H groups in total. The molecule has 0 aliphatic carbocycles. The molecule has 1 aromatic carbocycles. The Hall–Kier alpha value is -2.56. The molecule has 24 heavy (non-hydrogen) atoms. The molecule has 1 saturated heterocycles. The van der Waals surface area contributed by atoms with Crippen molar-refractivity contribution in [2.45, 2.75) is 25.3 Å². The number of amides is 2. The van der Waals surface area contributed by atoms with E-state index in [2.05, 4.69) is 12.1 Å². The van der Waals surface area contributed by atoms with Crippen LogP contribution in [0, 0.1) is 0 Å². The van der Waals surface area contributed by atoms with Crippen LogP contribution in [0.15, 0.2) is 47.1 Å². The van der Waals surface area contributed by atoms with Crippen molar-refractivity contribution >= 4 is 11.8 Å². The number of aryl methyl sites for hydroxylation is 1. The Balaban J connectivity index is 1.49. The van der Waals surface area contributed by atoms with E-state index >= 15 is 0 Å². The van der Waals surface area contributed by atoms with Crippen molar-refractivity contribution in [2.75, 3.05) is 19.6 Å². The lowest BCUT2D eigenvalue weighted by Crippen LogP contribution is -2.55. The molecule has 0 saturated carbocycles. The van der Waals surface area contributed by atoms with Crippen molar-refractivity contribution in [3.63, 3.8) is 0 Å². The fourth-order valence-corrected chi connectivity index (χ4v) is 3.71. The zero-order valence-electron chi connectivity index (χ0n) is 13.5. The van der Waals surface area contributed by atoms with Gasteiger partial charge in [0.1, 0.15) is 5.76 Å². The average Bonchev–Trinajstić information content (AvgIpc) is 3.13. The zero-order chi connectivity index (χ0) is 16.5. The van der Waals surface area contributed by atoms with Gasteiger partial charge in [0, 0.05) is 25.9 Å². The number of carbonyl (C=O) groups is 2. The molecular weight excluding hydrogens is 304 g/mol. The summed E-state index contributed by atoms with van der Waals surface area (Å²) < 4.78 is 5.28. The minimum absolute atomic E-state index is 0.0104. The molecule has 1 unspecified atom stereocenters. The first kappa shape index (κ1) is 15.0. The Kier molecular flexibility index (Phi) is 3.84. The van der Waals surface area contributed by atoms with Gasteiger partial charge >= 0.3 is 0 Å². The molecule has 0 spiro atoms. The lowest BCUT2D eigenvalue weighted by Gasteiger charge is -2.44. The molecule has 2 aromatic rings. The first-order chi connectivity index (χ1) is 11.7. The third kappa shape index (κ3) is 2.70. The Labute approximate surface area is 140 Å². The summed E-state index contributed by atoms with van der Waals surface area (Å²) >= 11 is 0. The molecule has 0 bridgehead atoms. The van der Waals surface area contributed by atoms with Crippen molar-refractivity contribution < 1.29 is 14.0 Å². The van der Waals surface area contributed by atoms with Gasteiger partial charge in [-0.05, 0) is 29.7 Å². The minimum Gasteiger partial charge on any atom is -0.469 e. The largest absolute Gasteiger partial charge is 0.469 e. The van der Waals surface area contributed by atoms with Gasteiger partial charge in [-0.15, -0.1) is 0 Å². The van der Waals surface area contributed by atoms with E-state index in [1.807, 2.05) is 29.2 Å². The van der Waals surface area contributed by atoms with Gasteiger partial charge in [0.2, 0.25) is 11.8 Å². The SMILES string of the molecule is O=C(CCc1ccco1)N1CC(=O)N2CCc3ccccc3C2C1. The number of piperazine rings is 1. The second-order valence-electron chi connectivity index (χ2n) is 6.41. The van der Waals surface area contributed by atoms with Gasteiger partial charge in [0.05, 0.1) is 18.8 Å². The molecule has 0 radical (unpaired) electrons. The van der Waals surface area contributed by atoms with Crippen molar-refractivity contribution in [3.05, 3.63) is 59.5 Å². The van der Waals surface area contributed by atoms with E-state index in [4.69, 9.17) is 4.42 Å². The third-order valence-corrected chi connectivity index (χ3v) is 4.97. The topological polar surface area (TPSA) is 53.8 Å². The highest BCUT2D eigenvalue weighted by Crippen LogP contribution is 2.33. The number of nitrogens with zero attached hydrogens (tertiary/aromatic N) is 2. The number of rotatable bonds is 3. The molecule has 3 heterocycles. The molecule has 1 aromatic heterocycles. The molecule has 2 amide bonds. The summed E-state index contributed by atoms with van der Waals surface area (Å²) in [6.07, 6.45) is 3.45. The van der Waals surface area contributed by atoms with E-state index in [1.54, 1.807) is 11.2 Å². The van der Waals surface area contributed by atoms with Gasteiger partial charge in [0.25, 0.3) is 0 Å². The van der Waals surface area contributed by atoms with E-state index < -0.39 is 0 Å². The third-order valence-electron chi connectivity index (χ3n) is 4.97. The van der Waals surface area contributed by atoms with Gasteiger partial charge in [-0.25, -0.2) is 0 Å². The fourth-order valence-electron chi connectivity index (χ4n) is 3.71. The van der Waals surface area contributed by atoms with E-state index in [1.165, 1.54) is 11.1 Å². The van der Waals surface area contributed by atoms with Crippen molar-refractivity contribution in [3.8, 4) is 0 Å². The number of furan rings is 1. The highest BCUT2D eigenvalue weighted by atomic mass is 16.3. The van der Waals surface area contributed by atoms with Gasteiger partial charge in [-0.3, -0.25) is 9.59 Å². The summed E-state index contributed by atoms with van der Waals surface area (Å²) in [5, 5.41) is 0. The fraction of sp³-hybridized carbons (Fsp3) is 0.368. The summed E-state index contributed by atoms with van der Waals surface area (Å²) in [5.41, 5.74) is 2.47. The molecular formula is C19H20N2O3. The Morgan fingerprint density at radius 3 is 2.92 bits per heavy atom. The summed E-state index contributed by atoms with van der Waals surface area (Å²) in [7, 11) is 0. The lowest BCUT2D eigenvalue weighted by atomic mass is 9.90. The number of hydrogen-bond acceptors (Lipinski definition) is 3. The summed E-state index contributed by atoms with van der Waals surface area (Å²) in [5.74, 6) is 0.867. The monoisotopic (exact) mass is 324 g/mol. The average molecular weight is 324 g/mol. The molecule has 5 heteroatoms. The number of hydrogen-bond donors (Lipinski definition) is 0. The maximum Gasteiger partial charge on any atom is 0.242 e. The van der Waals surface area contributed by atoms with Gasteiger partial charge < -0.3 is 14.2 Å². The van der Waals surface area contributed by atoms with Crippen molar-refractivity contribution in [1.82, 2.24) is 9.80 Å². The maximum atomic E-state index is 12.5. The Morgan fingerprint density at radius 2 is 2.08 bits per heavy atom. The molecule has 2 aliphatic heterocycles. The van der Waals surface area contributed by atoms with Gasteiger partial charge in [-0.2, -0.15) is 0 Å². The number of carbonyl (C=O) groups excluding carboxylic acids is 2. The Bertz CT molecular complexity index is 754. The first-order valence-electron chi connectivity index (χ1n) is 8.40. The quantitative estimate of drug-likeness (QED) is 0.869. The Morgan fingerprint density at radius 1 is 1.21 bits per heavy atom. The molecule has 4 rings (SSSR count). The van der Waals surface area contributed by atoms with Crippen LogP contribution in [0.4, 0.5) is 0 Å². The van der Waals surface area contributed by atoms with Crippen molar-refractivity contribution in [1.29, 1.82) is 0 Å². The van der Waals surface area contributed by atoms with E-state index in [0.717, 1.165) is 18.7 Å². The van der Waals surface area contributed by atoms with Crippen LogP contribution in [0.3, 0.4) is 0 Å². The molecule has 1 fully saturated rings. The minimum atomic E-state index is -0.0104. The smallest absolute Gasteiger partial charge is 0.242 e. The van der Waals surface area contributed by atoms with Crippen LogP contribution in [-0.2, 0) is 22.4 Å². The number of fused-ring (bicyclic) bond motifs is 3. The summed E-state index contributed by atoms with van der Waals surface area (Å²) in [4.78, 5) is 28.7. The summed E-state index contributed by atoms with van der Waals surface area (Å²) in [6.45, 7) is 1.52. The molecule has 124 valence electrons.